The summed E-state index contributed by atoms with van der Waals surface area (Å²) >= 11 is 0. The molecule has 1 aromatic heterocycles. The van der Waals surface area contributed by atoms with Crippen molar-refractivity contribution < 1.29 is 5.32 Å². The van der Waals surface area contributed by atoms with Crippen molar-refractivity contribution in [3.8, 4) is 0 Å². The fourth-order valence-corrected chi connectivity index (χ4v) is 4.12. The maximum absolute atomic E-state index is 3.72. The third kappa shape index (κ3) is 3.11. The molecule has 24 heavy (non-hydrogen) atoms. The van der Waals surface area contributed by atoms with Gasteiger partial charge in [-0.2, -0.15) is 0 Å². The standard InChI is InChI=1S/C22H26N2/c1-16-12-13-20-19(15-16)18-10-5-11-21(22(18)24-20)23-14-6-9-17-7-3-2-4-8-17/h2-4,7-8,12-13,15,21,23-24H,5-6,9-11,14H2,1H3/p+1/t21-/m0/s1. The Balaban J connectivity index is 1.43. The summed E-state index contributed by atoms with van der Waals surface area (Å²) < 4.78 is 0. The zero-order valence-electron chi connectivity index (χ0n) is 14.5. The molecule has 2 heteroatoms. The van der Waals surface area contributed by atoms with E-state index in [4.69, 9.17) is 0 Å². The van der Waals surface area contributed by atoms with Gasteiger partial charge in [0, 0.05) is 23.7 Å². The largest absolute Gasteiger partial charge is 0.353 e. The van der Waals surface area contributed by atoms with Crippen molar-refractivity contribution in [2.75, 3.05) is 6.54 Å². The van der Waals surface area contributed by atoms with Crippen molar-refractivity contribution in [1.29, 1.82) is 0 Å². The van der Waals surface area contributed by atoms with Gasteiger partial charge in [-0.25, -0.2) is 0 Å². The molecule has 0 fully saturated rings. The van der Waals surface area contributed by atoms with Gasteiger partial charge < -0.3 is 10.3 Å². The van der Waals surface area contributed by atoms with Gasteiger partial charge in [-0.3, -0.25) is 0 Å². The lowest BCUT2D eigenvalue weighted by atomic mass is 9.91. The number of nitrogens with one attached hydrogen (secondary N) is 1. The second-order valence-corrected chi connectivity index (χ2v) is 7.18. The molecule has 0 saturated heterocycles. The van der Waals surface area contributed by atoms with E-state index in [1.54, 1.807) is 5.56 Å². The highest BCUT2D eigenvalue weighted by Gasteiger charge is 2.26. The highest BCUT2D eigenvalue weighted by Crippen LogP contribution is 2.33. The number of aromatic nitrogens is 1. The van der Waals surface area contributed by atoms with Crippen molar-refractivity contribution in [3.63, 3.8) is 0 Å². The van der Waals surface area contributed by atoms with Crippen LogP contribution in [0.3, 0.4) is 0 Å². The van der Waals surface area contributed by atoms with Crippen LogP contribution in [0.5, 0.6) is 0 Å². The van der Waals surface area contributed by atoms with E-state index < -0.39 is 0 Å². The Morgan fingerprint density at radius 1 is 1.12 bits per heavy atom. The molecule has 4 rings (SSSR count). The van der Waals surface area contributed by atoms with Gasteiger partial charge in [0.1, 0.15) is 6.04 Å². The zero-order chi connectivity index (χ0) is 16.4. The van der Waals surface area contributed by atoms with Crippen LogP contribution in [0, 0.1) is 6.92 Å². The molecule has 0 amide bonds. The number of quaternary nitrogens is 1. The van der Waals surface area contributed by atoms with Crippen LogP contribution in [0.4, 0.5) is 0 Å². The Hall–Kier alpha value is -2.06. The molecule has 1 heterocycles. The number of hydrogen-bond donors (Lipinski definition) is 2. The fourth-order valence-electron chi connectivity index (χ4n) is 4.12. The predicted molar refractivity (Wildman–Crippen MR) is 100 cm³/mol. The molecular formula is C22H27N2+. The van der Waals surface area contributed by atoms with Gasteiger partial charge in [0.15, 0.2) is 0 Å². The van der Waals surface area contributed by atoms with Gasteiger partial charge in [-0.1, -0.05) is 42.0 Å². The van der Waals surface area contributed by atoms with Crippen LogP contribution in [0.15, 0.2) is 48.5 Å². The number of nitrogens with two attached hydrogens (primary N) is 1. The highest BCUT2D eigenvalue weighted by molar-refractivity contribution is 5.85. The van der Waals surface area contributed by atoms with Gasteiger partial charge in [0.05, 0.1) is 12.2 Å². The summed E-state index contributed by atoms with van der Waals surface area (Å²) in [4.78, 5) is 3.72. The van der Waals surface area contributed by atoms with Crippen molar-refractivity contribution in [2.45, 2.75) is 45.1 Å². The van der Waals surface area contributed by atoms with Crippen molar-refractivity contribution in [3.05, 3.63) is 70.9 Å². The Morgan fingerprint density at radius 2 is 2.00 bits per heavy atom. The van der Waals surface area contributed by atoms with Crippen LogP contribution in [-0.4, -0.2) is 11.5 Å². The minimum Gasteiger partial charge on any atom is -0.353 e. The topological polar surface area (TPSA) is 32.4 Å². The van der Waals surface area contributed by atoms with Gasteiger partial charge in [-0.05, 0) is 49.4 Å². The number of H-pyrrole nitrogens is 1. The molecular weight excluding hydrogens is 292 g/mol. The summed E-state index contributed by atoms with van der Waals surface area (Å²) in [5, 5.41) is 4.01. The molecule has 3 aromatic rings. The highest BCUT2D eigenvalue weighted by atomic mass is 14.9. The lowest BCUT2D eigenvalue weighted by Crippen LogP contribution is -2.85. The maximum atomic E-state index is 3.72. The fraction of sp³-hybridized carbons (Fsp3) is 0.364. The van der Waals surface area contributed by atoms with Crippen LogP contribution in [0.2, 0.25) is 0 Å². The second kappa shape index (κ2) is 6.82. The summed E-state index contributed by atoms with van der Waals surface area (Å²) in [6, 6.07) is 18.3. The molecule has 124 valence electrons. The molecule has 2 aromatic carbocycles. The second-order valence-electron chi connectivity index (χ2n) is 7.18. The Morgan fingerprint density at radius 3 is 2.88 bits per heavy atom. The van der Waals surface area contributed by atoms with Gasteiger partial charge >= 0.3 is 0 Å². The molecule has 1 aliphatic rings. The van der Waals surface area contributed by atoms with E-state index in [2.05, 4.69) is 65.8 Å². The normalized spacial score (nSPS) is 17.1. The number of rotatable bonds is 5. The average Bonchev–Trinajstić information content (AvgIpc) is 2.98. The number of fused-ring (bicyclic) bond motifs is 3. The number of aromatic amines is 1. The third-order valence-corrected chi connectivity index (χ3v) is 5.37. The first-order valence-corrected chi connectivity index (χ1v) is 9.29. The molecule has 1 aliphatic carbocycles. The van der Waals surface area contributed by atoms with E-state index in [1.165, 1.54) is 66.4 Å². The molecule has 0 spiro atoms. The van der Waals surface area contributed by atoms with Crippen molar-refractivity contribution >= 4 is 10.9 Å². The molecule has 0 saturated carbocycles. The van der Waals surface area contributed by atoms with Crippen LogP contribution >= 0.6 is 0 Å². The van der Waals surface area contributed by atoms with Crippen LogP contribution in [0.25, 0.3) is 10.9 Å². The molecule has 0 unspecified atom stereocenters. The van der Waals surface area contributed by atoms with Gasteiger partial charge in [-0.15, -0.1) is 0 Å². The average molecular weight is 319 g/mol. The third-order valence-electron chi connectivity index (χ3n) is 5.37. The summed E-state index contributed by atoms with van der Waals surface area (Å²) in [7, 11) is 0. The van der Waals surface area contributed by atoms with Gasteiger partial charge in [0.2, 0.25) is 0 Å². The minimum absolute atomic E-state index is 0.609. The van der Waals surface area contributed by atoms with Crippen LogP contribution in [0.1, 0.15) is 47.7 Å². The SMILES string of the molecule is Cc1ccc2[nH]c3c(c2c1)CCC[C@@H]3[NH2+]CCCc1ccccc1. The van der Waals surface area contributed by atoms with E-state index in [0.29, 0.717) is 6.04 Å². The van der Waals surface area contributed by atoms with E-state index in [9.17, 15) is 0 Å². The first-order valence-electron chi connectivity index (χ1n) is 9.29. The summed E-state index contributed by atoms with van der Waals surface area (Å²) in [5.41, 5.74) is 7.19. The Kier molecular flexibility index (Phi) is 4.40. The molecule has 0 bridgehead atoms. The lowest BCUT2D eigenvalue weighted by Gasteiger charge is -2.21. The Labute approximate surface area is 144 Å². The smallest absolute Gasteiger partial charge is 0.127 e. The quantitative estimate of drug-likeness (QED) is 0.665. The molecule has 3 N–H and O–H groups in total. The lowest BCUT2D eigenvalue weighted by molar-refractivity contribution is -0.698. The van der Waals surface area contributed by atoms with Crippen LogP contribution < -0.4 is 5.32 Å². The first-order chi connectivity index (χ1) is 11.8. The summed E-state index contributed by atoms with van der Waals surface area (Å²) in [5.74, 6) is 0. The molecule has 0 radical (unpaired) electrons. The van der Waals surface area contributed by atoms with Crippen molar-refractivity contribution in [1.82, 2.24) is 4.98 Å². The zero-order valence-corrected chi connectivity index (χ0v) is 14.5. The minimum atomic E-state index is 0.609. The molecule has 2 nitrogen and oxygen atoms in total. The number of hydrogen-bond acceptors (Lipinski definition) is 0. The molecule has 0 aliphatic heterocycles. The molecule has 1 atom stereocenters. The summed E-state index contributed by atoms with van der Waals surface area (Å²) in [6.07, 6.45) is 6.27. The van der Waals surface area contributed by atoms with Crippen LogP contribution in [-0.2, 0) is 12.8 Å². The monoisotopic (exact) mass is 319 g/mol. The van der Waals surface area contributed by atoms with E-state index in [0.717, 1.165) is 0 Å². The first kappa shape index (κ1) is 15.5. The predicted octanol–water partition coefficient (Wildman–Crippen LogP) is 4.05. The Bertz CT molecular complexity index is 817. The van der Waals surface area contributed by atoms with Crippen molar-refractivity contribution in [2.24, 2.45) is 0 Å². The number of aryl methyl sites for hydroxylation is 3. The van der Waals surface area contributed by atoms with E-state index >= 15 is 0 Å². The van der Waals surface area contributed by atoms with Gasteiger partial charge in [0.25, 0.3) is 0 Å². The maximum Gasteiger partial charge on any atom is 0.127 e. The number of benzene rings is 2. The van der Waals surface area contributed by atoms with E-state index in [-0.39, 0.29) is 0 Å². The van der Waals surface area contributed by atoms with E-state index in [1.807, 2.05) is 0 Å². The summed E-state index contributed by atoms with van der Waals surface area (Å²) in [6.45, 7) is 3.39.